The normalized spacial score (nSPS) is 16.9. The highest BCUT2D eigenvalue weighted by Gasteiger charge is 2.15. The molecule has 1 atom stereocenters. The maximum atomic E-state index is 10.3. The van der Waals surface area contributed by atoms with Crippen LogP contribution in [0.3, 0.4) is 0 Å². The lowest BCUT2D eigenvalue weighted by molar-refractivity contribution is 0.0683. The molecule has 148 valence electrons. The van der Waals surface area contributed by atoms with Gasteiger partial charge in [0, 0.05) is 26.7 Å². The molecule has 0 aromatic heterocycles. The highest BCUT2D eigenvalue weighted by Crippen LogP contribution is 2.28. The Hall–Kier alpha value is -1.34. The first-order valence-electron chi connectivity index (χ1n) is 9.62. The lowest BCUT2D eigenvalue weighted by Crippen LogP contribution is -2.36. The van der Waals surface area contributed by atoms with E-state index in [1.165, 1.54) is 25.7 Å². The van der Waals surface area contributed by atoms with Crippen LogP contribution in [0, 0.1) is 0 Å². The lowest BCUT2D eigenvalue weighted by atomic mass is 10.2. The van der Waals surface area contributed by atoms with Crippen molar-refractivity contribution in [2.75, 3.05) is 53.6 Å². The number of ether oxygens (including phenoxy) is 3. The smallest absolute Gasteiger partial charge is 0.161 e. The molecular weight excluding hydrogens is 332 g/mol. The summed E-state index contributed by atoms with van der Waals surface area (Å²) in [5.41, 5.74) is 1.12. The molecule has 6 nitrogen and oxygen atoms in total. The van der Waals surface area contributed by atoms with Gasteiger partial charge in [0.1, 0.15) is 12.7 Å². The molecule has 1 fully saturated rings. The quantitative estimate of drug-likeness (QED) is 0.585. The van der Waals surface area contributed by atoms with Gasteiger partial charge >= 0.3 is 0 Å². The van der Waals surface area contributed by atoms with Crippen molar-refractivity contribution in [2.24, 2.45) is 0 Å². The molecule has 1 aliphatic rings. The van der Waals surface area contributed by atoms with Gasteiger partial charge in [-0.3, -0.25) is 0 Å². The van der Waals surface area contributed by atoms with Gasteiger partial charge in [0.15, 0.2) is 11.5 Å². The maximum Gasteiger partial charge on any atom is 0.161 e. The Balaban J connectivity index is 1.79. The van der Waals surface area contributed by atoms with Gasteiger partial charge in [0.2, 0.25) is 0 Å². The molecular formula is C20H34N2O4. The average molecular weight is 367 g/mol. The number of aliphatic hydroxyl groups is 1. The SMILES string of the molecule is COCCNCc1ccc(OCC(O)CN2CCCCCC2)c(OC)c1. The number of hydrogen-bond acceptors (Lipinski definition) is 6. The molecule has 0 spiro atoms. The van der Waals surface area contributed by atoms with Crippen molar-refractivity contribution in [3.05, 3.63) is 23.8 Å². The molecule has 0 bridgehead atoms. The Morgan fingerprint density at radius 2 is 1.88 bits per heavy atom. The third kappa shape index (κ3) is 7.50. The van der Waals surface area contributed by atoms with Gasteiger partial charge in [0.25, 0.3) is 0 Å². The summed E-state index contributed by atoms with van der Waals surface area (Å²) >= 11 is 0. The number of methoxy groups -OCH3 is 2. The molecule has 1 unspecified atom stereocenters. The number of likely N-dealkylation sites (tertiary alicyclic amines) is 1. The van der Waals surface area contributed by atoms with E-state index in [1.807, 2.05) is 18.2 Å². The van der Waals surface area contributed by atoms with E-state index in [1.54, 1.807) is 14.2 Å². The molecule has 1 aliphatic heterocycles. The van der Waals surface area contributed by atoms with E-state index in [2.05, 4.69) is 10.2 Å². The second-order valence-corrected chi connectivity index (χ2v) is 6.83. The van der Waals surface area contributed by atoms with Crippen LogP contribution in [0.2, 0.25) is 0 Å². The Morgan fingerprint density at radius 1 is 1.12 bits per heavy atom. The molecule has 1 heterocycles. The topological polar surface area (TPSA) is 63.2 Å². The molecule has 6 heteroatoms. The van der Waals surface area contributed by atoms with Crippen molar-refractivity contribution in [1.29, 1.82) is 0 Å². The van der Waals surface area contributed by atoms with E-state index in [-0.39, 0.29) is 6.61 Å². The number of benzene rings is 1. The Labute approximate surface area is 157 Å². The molecule has 1 saturated heterocycles. The average Bonchev–Trinajstić information content (AvgIpc) is 2.92. The lowest BCUT2D eigenvalue weighted by Gasteiger charge is -2.23. The summed E-state index contributed by atoms with van der Waals surface area (Å²) in [5.74, 6) is 1.36. The van der Waals surface area contributed by atoms with Crippen molar-refractivity contribution in [1.82, 2.24) is 10.2 Å². The van der Waals surface area contributed by atoms with Gasteiger partial charge in [-0.15, -0.1) is 0 Å². The fourth-order valence-corrected chi connectivity index (χ4v) is 3.20. The van der Waals surface area contributed by atoms with Crippen molar-refractivity contribution >= 4 is 0 Å². The molecule has 26 heavy (non-hydrogen) atoms. The third-order valence-electron chi connectivity index (χ3n) is 4.64. The summed E-state index contributed by atoms with van der Waals surface area (Å²) in [7, 11) is 3.33. The molecule has 2 rings (SSSR count). The van der Waals surface area contributed by atoms with Crippen LogP contribution in [0.25, 0.3) is 0 Å². The summed E-state index contributed by atoms with van der Waals surface area (Å²) in [6.07, 6.45) is 4.55. The van der Waals surface area contributed by atoms with Crippen molar-refractivity contribution in [2.45, 2.75) is 38.3 Å². The van der Waals surface area contributed by atoms with E-state index in [4.69, 9.17) is 14.2 Å². The summed E-state index contributed by atoms with van der Waals surface area (Å²) in [5, 5.41) is 13.6. The Bertz CT molecular complexity index is 505. The maximum absolute atomic E-state index is 10.3. The van der Waals surface area contributed by atoms with Gasteiger partial charge in [0.05, 0.1) is 13.7 Å². The minimum atomic E-state index is -0.492. The standard InChI is InChI=1S/C20H34N2O4/c1-24-12-9-21-14-17-7-8-19(20(13-17)25-2)26-16-18(23)15-22-10-5-3-4-6-11-22/h7-8,13,18,21,23H,3-6,9-12,14-16H2,1-2H3. The second kappa shape index (κ2) is 12.1. The van der Waals surface area contributed by atoms with Crippen LogP contribution in [0.1, 0.15) is 31.2 Å². The Kier molecular flexibility index (Phi) is 9.77. The number of nitrogens with one attached hydrogen (secondary N) is 1. The van der Waals surface area contributed by atoms with E-state index in [0.29, 0.717) is 24.7 Å². The van der Waals surface area contributed by atoms with Crippen LogP contribution in [0.4, 0.5) is 0 Å². The molecule has 0 amide bonds. The van der Waals surface area contributed by atoms with Crippen LogP contribution in [0.5, 0.6) is 11.5 Å². The van der Waals surface area contributed by atoms with E-state index in [0.717, 1.165) is 31.7 Å². The molecule has 2 N–H and O–H groups in total. The highest BCUT2D eigenvalue weighted by molar-refractivity contribution is 5.43. The first-order valence-corrected chi connectivity index (χ1v) is 9.62. The monoisotopic (exact) mass is 366 g/mol. The molecule has 0 saturated carbocycles. The summed E-state index contributed by atoms with van der Waals surface area (Å²) in [6.45, 7) is 5.34. The number of hydrogen-bond donors (Lipinski definition) is 2. The zero-order valence-corrected chi connectivity index (χ0v) is 16.2. The molecule has 0 aliphatic carbocycles. The number of β-amino-alcohol motifs (C(OH)–C–C–N with tert-alkyl or cyclic N) is 1. The zero-order chi connectivity index (χ0) is 18.6. The van der Waals surface area contributed by atoms with Crippen LogP contribution >= 0.6 is 0 Å². The molecule has 1 aromatic carbocycles. The van der Waals surface area contributed by atoms with Crippen LogP contribution < -0.4 is 14.8 Å². The summed E-state index contributed by atoms with van der Waals surface area (Å²) in [4.78, 5) is 2.34. The first-order chi connectivity index (χ1) is 12.7. The number of nitrogens with zero attached hydrogens (tertiary/aromatic N) is 1. The van der Waals surface area contributed by atoms with Gasteiger partial charge < -0.3 is 29.5 Å². The first kappa shape index (κ1) is 21.0. The van der Waals surface area contributed by atoms with Gasteiger partial charge in [-0.2, -0.15) is 0 Å². The Morgan fingerprint density at radius 3 is 2.58 bits per heavy atom. The second-order valence-electron chi connectivity index (χ2n) is 6.83. The van der Waals surface area contributed by atoms with E-state index in [9.17, 15) is 5.11 Å². The van der Waals surface area contributed by atoms with Gasteiger partial charge in [-0.05, 0) is 43.6 Å². The third-order valence-corrected chi connectivity index (χ3v) is 4.64. The minimum Gasteiger partial charge on any atom is -0.493 e. The number of rotatable bonds is 11. The largest absolute Gasteiger partial charge is 0.493 e. The summed E-state index contributed by atoms with van der Waals surface area (Å²) < 4.78 is 16.3. The van der Waals surface area contributed by atoms with Crippen molar-refractivity contribution in [3.63, 3.8) is 0 Å². The van der Waals surface area contributed by atoms with Gasteiger partial charge in [-0.1, -0.05) is 18.9 Å². The fourth-order valence-electron chi connectivity index (χ4n) is 3.20. The number of aliphatic hydroxyl groups excluding tert-OH is 1. The fraction of sp³-hybridized carbons (Fsp3) is 0.700. The predicted octanol–water partition coefficient (Wildman–Crippen LogP) is 2.05. The molecule has 0 radical (unpaired) electrons. The van der Waals surface area contributed by atoms with Crippen molar-refractivity contribution in [3.8, 4) is 11.5 Å². The summed E-state index contributed by atoms with van der Waals surface area (Å²) in [6, 6.07) is 5.89. The highest BCUT2D eigenvalue weighted by atomic mass is 16.5. The minimum absolute atomic E-state index is 0.276. The van der Waals surface area contributed by atoms with Crippen LogP contribution in [0.15, 0.2) is 18.2 Å². The zero-order valence-electron chi connectivity index (χ0n) is 16.2. The molecule has 1 aromatic rings. The van der Waals surface area contributed by atoms with Gasteiger partial charge in [-0.25, -0.2) is 0 Å². The van der Waals surface area contributed by atoms with Crippen molar-refractivity contribution < 1.29 is 19.3 Å². The van der Waals surface area contributed by atoms with Crippen LogP contribution in [-0.4, -0.2) is 69.7 Å². The van der Waals surface area contributed by atoms with Crippen LogP contribution in [-0.2, 0) is 11.3 Å². The predicted molar refractivity (Wildman–Crippen MR) is 103 cm³/mol. The van der Waals surface area contributed by atoms with E-state index < -0.39 is 6.10 Å². The van der Waals surface area contributed by atoms with E-state index >= 15 is 0 Å².